The summed E-state index contributed by atoms with van der Waals surface area (Å²) in [5, 5.41) is 0. The molecule has 30 heavy (non-hydrogen) atoms. The van der Waals surface area contributed by atoms with Gasteiger partial charge in [0.05, 0.1) is 37.0 Å². The molecule has 0 aromatic carbocycles. The van der Waals surface area contributed by atoms with Gasteiger partial charge in [0.2, 0.25) is 0 Å². The van der Waals surface area contributed by atoms with Crippen molar-refractivity contribution in [2.75, 3.05) is 40.0 Å². The van der Waals surface area contributed by atoms with Crippen LogP contribution < -0.4 is 0 Å². The maximum Gasteiger partial charge on any atom is 0.347 e. The summed E-state index contributed by atoms with van der Waals surface area (Å²) in [5.41, 5.74) is -1.22. The van der Waals surface area contributed by atoms with E-state index in [2.05, 4.69) is 4.74 Å². The van der Waals surface area contributed by atoms with E-state index in [9.17, 15) is 27.4 Å². The van der Waals surface area contributed by atoms with Crippen molar-refractivity contribution >= 4 is 27.8 Å². The molecule has 10 heteroatoms. The lowest BCUT2D eigenvalue weighted by molar-refractivity contribution is -0.870. The number of likely N-dealkylation sites (N-methyl/N-ethyl adjacent to an activating group) is 1. The van der Waals surface area contributed by atoms with Crippen LogP contribution in [0.5, 0.6) is 0 Å². The SMILES string of the molecule is CC(=O)OC(C)C(=O)OCC[N+](C)(C)C.CC1(C)C2CC[C@@]1(CS(=O)(=O)[O-])C(=O)C2. The number of carbonyl (C=O) groups excluding carboxylic acids is 3. The summed E-state index contributed by atoms with van der Waals surface area (Å²) < 4.78 is 43.0. The van der Waals surface area contributed by atoms with Gasteiger partial charge in [0.25, 0.3) is 0 Å². The minimum absolute atomic E-state index is 0.0248. The molecule has 3 atom stereocenters. The van der Waals surface area contributed by atoms with Gasteiger partial charge in [-0.15, -0.1) is 0 Å². The Balaban J connectivity index is 0.000000300. The maximum atomic E-state index is 11.8. The molecule has 2 aliphatic carbocycles. The van der Waals surface area contributed by atoms with Crippen LogP contribution in [-0.4, -0.2) is 81.3 Å². The fourth-order valence-electron chi connectivity index (χ4n) is 4.24. The van der Waals surface area contributed by atoms with Crippen LogP contribution in [0.3, 0.4) is 0 Å². The van der Waals surface area contributed by atoms with Crippen molar-refractivity contribution in [2.45, 2.75) is 53.1 Å². The number of hydrogen-bond donors (Lipinski definition) is 0. The zero-order valence-corrected chi connectivity index (χ0v) is 19.8. The molecule has 2 bridgehead atoms. The zero-order valence-electron chi connectivity index (χ0n) is 19.0. The molecular formula is C20H35NO8S. The first-order chi connectivity index (χ1) is 13.4. The van der Waals surface area contributed by atoms with Crippen LogP contribution in [0, 0.1) is 16.7 Å². The summed E-state index contributed by atoms with van der Waals surface area (Å²) in [4.78, 5) is 33.7. The normalized spacial score (nSPS) is 25.9. The van der Waals surface area contributed by atoms with E-state index in [1.807, 2.05) is 35.0 Å². The number of rotatable bonds is 7. The van der Waals surface area contributed by atoms with Crippen LogP contribution in [-0.2, 0) is 34.0 Å². The Morgan fingerprint density at radius 3 is 2.20 bits per heavy atom. The van der Waals surface area contributed by atoms with Crippen molar-refractivity contribution in [3.05, 3.63) is 0 Å². The Bertz CT molecular complexity index is 768. The molecule has 0 heterocycles. The third-order valence-electron chi connectivity index (χ3n) is 6.24. The minimum Gasteiger partial charge on any atom is -0.748 e. The number of esters is 2. The summed E-state index contributed by atoms with van der Waals surface area (Å²) in [6.07, 6.45) is 1.05. The number of fused-ring (bicyclic) bond motifs is 2. The Morgan fingerprint density at radius 1 is 1.27 bits per heavy atom. The lowest BCUT2D eigenvalue weighted by atomic mass is 9.70. The molecule has 0 spiro atoms. The summed E-state index contributed by atoms with van der Waals surface area (Å²) in [5.74, 6) is -1.26. The molecule has 9 nitrogen and oxygen atoms in total. The van der Waals surface area contributed by atoms with Crippen molar-refractivity contribution in [1.29, 1.82) is 0 Å². The molecule has 174 valence electrons. The van der Waals surface area contributed by atoms with Crippen LogP contribution in [0.15, 0.2) is 0 Å². The smallest absolute Gasteiger partial charge is 0.347 e. The third kappa shape index (κ3) is 6.75. The summed E-state index contributed by atoms with van der Waals surface area (Å²) in [7, 11) is 1.68. The molecular weight excluding hydrogens is 414 g/mol. The number of hydrogen-bond acceptors (Lipinski definition) is 8. The Morgan fingerprint density at radius 2 is 1.83 bits per heavy atom. The van der Waals surface area contributed by atoms with Gasteiger partial charge in [0, 0.05) is 18.8 Å². The molecule has 0 aliphatic heterocycles. The number of ketones is 1. The molecule has 0 aromatic rings. The highest BCUT2D eigenvalue weighted by Crippen LogP contribution is 2.64. The predicted octanol–water partition coefficient (Wildman–Crippen LogP) is 1.11. The van der Waals surface area contributed by atoms with Crippen molar-refractivity contribution < 1.29 is 41.3 Å². The molecule has 2 unspecified atom stereocenters. The molecule has 2 aliphatic rings. The zero-order chi connectivity index (χ0) is 23.5. The fraction of sp³-hybridized carbons (Fsp3) is 0.850. The van der Waals surface area contributed by atoms with Crippen LogP contribution in [0.25, 0.3) is 0 Å². The molecule has 2 fully saturated rings. The molecule has 2 saturated carbocycles. The van der Waals surface area contributed by atoms with Crippen LogP contribution in [0.2, 0.25) is 0 Å². The van der Waals surface area contributed by atoms with Crippen molar-refractivity contribution in [2.24, 2.45) is 16.7 Å². The Labute approximate surface area is 179 Å². The average molecular weight is 450 g/mol. The second-order valence-corrected chi connectivity index (χ2v) is 11.2. The summed E-state index contributed by atoms with van der Waals surface area (Å²) in [6.45, 7) is 7.64. The quantitative estimate of drug-likeness (QED) is 0.321. The molecule has 0 amide bonds. The van der Waals surface area contributed by atoms with E-state index in [1.165, 1.54) is 13.8 Å². The van der Waals surface area contributed by atoms with E-state index in [0.29, 0.717) is 19.4 Å². The number of ether oxygens (including phenoxy) is 2. The second kappa shape index (κ2) is 9.32. The van der Waals surface area contributed by atoms with Gasteiger partial charge < -0.3 is 18.5 Å². The van der Waals surface area contributed by atoms with Gasteiger partial charge in [0.15, 0.2) is 6.10 Å². The highest BCUT2D eigenvalue weighted by Gasteiger charge is 2.64. The second-order valence-electron chi connectivity index (χ2n) is 9.80. The van der Waals surface area contributed by atoms with Crippen molar-refractivity contribution in [3.8, 4) is 0 Å². The molecule has 0 aromatic heterocycles. The molecule has 2 rings (SSSR count). The number of Topliss-reactive ketones (excluding diaryl/α,β-unsaturated/α-hetero) is 1. The highest BCUT2D eigenvalue weighted by atomic mass is 32.2. The summed E-state index contributed by atoms with van der Waals surface area (Å²) in [6, 6.07) is 0. The van der Waals surface area contributed by atoms with E-state index in [0.717, 1.165) is 17.4 Å². The van der Waals surface area contributed by atoms with Gasteiger partial charge >= 0.3 is 11.9 Å². The van der Waals surface area contributed by atoms with Crippen molar-refractivity contribution in [3.63, 3.8) is 0 Å². The first-order valence-corrected chi connectivity index (χ1v) is 11.6. The largest absolute Gasteiger partial charge is 0.748 e. The van der Waals surface area contributed by atoms with Gasteiger partial charge in [0.1, 0.15) is 18.9 Å². The van der Waals surface area contributed by atoms with E-state index < -0.39 is 39.3 Å². The monoisotopic (exact) mass is 449 g/mol. The van der Waals surface area contributed by atoms with E-state index >= 15 is 0 Å². The average Bonchev–Trinajstić information content (AvgIpc) is 2.86. The highest BCUT2D eigenvalue weighted by molar-refractivity contribution is 7.85. The maximum absolute atomic E-state index is 11.8. The van der Waals surface area contributed by atoms with Crippen LogP contribution in [0.1, 0.15) is 47.0 Å². The standard InChI is InChI=1S/C10H20NO4.C10H16O4S/c1-8(15-9(2)12)10(13)14-7-6-11(3,4)5;1-9(2)7-3-4-10(9,8(11)5-7)6-15(12,13)14/h8H,6-7H2,1-5H3;7H,3-6H2,1-2H3,(H,12,13,14)/q+1;/p-1/t;7?,10-/m.1/s1. The van der Waals surface area contributed by atoms with E-state index in [4.69, 9.17) is 4.74 Å². The first-order valence-electron chi connectivity index (χ1n) is 10.0. The molecule has 0 radical (unpaired) electrons. The van der Waals surface area contributed by atoms with E-state index in [1.54, 1.807) is 0 Å². The van der Waals surface area contributed by atoms with Gasteiger partial charge in [-0.05, 0) is 31.1 Å². The van der Waals surface area contributed by atoms with Crippen LogP contribution >= 0.6 is 0 Å². The first kappa shape index (κ1) is 26.5. The van der Waals surface area contributed by atoms with Gasteiger partial charge in [-0.1, -0.05) is 13.8 Å². The molecule has 0 N–H and O–H groups in total. The topological polar surface area (TPSA) is 127 Å². The minimum atomic E-state index is -4.33. The van der Waals surface area contributed by atoms with Gasteiger partial charge in [-0.3, -0.25) is 9.59 Å². The number of nitrogens with zero attached hydrogens (tertiary/aromatic N) is 1. The van der Waals surface area contributed by atoms with Crippen LogP contribution in [0.4, 0.5) is 0 Å². The Hall–Kier alpha value is -1.52. The van der Waals surface area contributed by atoms with Gasteiger partial charge in [-0.2, -0.15) is 0 Å². The number of carbonyl (C=O) groups is 3. The third-order valence-corrected chi connectivity index (χ3v) is 7.09. The number of quaternary nitrogens is 1. The summed E-state index contributed by atoms with van der Waals surface area (Å²) >= 11 is 0. The Kier molecular flexibility index (Phi) is 8.23. The van der Waals surface area contributed by atoms with Gasteiger partial charge in [-0.25, -0.2) is 13.2 Å². The lowest BCUT2D eigenvalue weighted by Crippen LogP contribution is -2.42. The molecule has 0 saturated heterocycles. The fourth-order valence-corrected chi connectivity index (χ4v) is 5.53. The predicted molar refractivity (Wildman–Crippen MR) is 108 cm³/mol. The lowest BCUT2D eigenvalue weighted by Gasteiger charge is -2.37. The van der Waals surface area contributed by atoms with Crippen molar-refractivity contribution in [1.82, 2.24) is 0 Å². The van der Waals surface area contributed by atoms with E-state index in [-0.39, 0.29) is 17.1 Å².